The Hall–Kier alpha value is -3.22. The molecule has 2 aliphatic rings. The van der Waals surface area contributed by atoms with Crippen LogP contribution < -0.4 is 19.6 Å². The van der Waals surface area contributed by atoms with E-state index in [2.05, 4.69) is 52.3 Å². The highest BCUT2D eigenvalue weighted by molar-refractivity contribution is 9.10. The van der Waals surface area contributed by atoms with E-state index in [9.17, 15) is 4.79 Å². The molecule has 0 bridgehead atoms. The number of hydrogen-bond acceptors (Lipinski definition) is 4. The number of ether oxygens (including phenoxy) is 1. The number of aromatic nitrogens is 1. The normalized spacial score (nSPS) is 17.0. The largest absolute Gasteiger partial charge is 0.497 e. The van der Waals surface area contributed by atoms with E-state index in [4.69, 9.17) is 9.73 Å². The maximum absolute atomic E-state index is 13.7. The minimum Gasteiger partial charge on any atom is -0.497 e. The second-order valence-electron chi connectivity index (χ2n) is 8.44. The lowest BCUT2D eigenvalue weighted by Crippen LogP contribution is -2.38. The van der Waals surface area contributed by atoms with Gasteiger partial charge in [-0.2, -0.15) is 0 Å². The van der Waals surface area contributed by atoms with Gasteiger partial charge in [0.25, 0.3) is 5.56 Å². The van der Waals surface area contributed by atoms with Crippen molar-refractivity contribution in [3.63, 3.8) is 0 Å². The van der Waals surface area contributed by atoms with Gasteiger partial charge in [0.1, 0.15) is 5.75 Å². The fourth-order valence-corrected chi connectivity index (χ4v) is 6.08. The molecule has 0 saturated carbocycles. The summed E-state index contributed by atoms with van der Waals surface area (Å²) in [5.74, 6) is 0.801. The van der Waals surface area contributed by atoms with Gasteiger partial charge < -0.3 is 4.74 Å². The van der Waals surface area contributed by atoms with E-state index in [0.717, 1.165) is 44.7 Å². The molecule has 1 atom stereocenters. The zero-order valence-corrected chi connectivity index (χ0v) is 20.9. The molecule has 4 nitrogen and oxygen atoms in total. The second-order valence-corrected chi connectivity index (χ2v) is 10.4. The molecule has 6 rings (SSSR count). The zero-order chi connectivity index (χ0) is 23.2. The first kappa shape index (κ1) is 21.3. The molecule has 2 heterocycles. The van der Waals surface area contributed by atoms with Crippen molar-refractivity contribution in [3.8, 4) is 5.75 Å². The monoisotopic (exact) mass is 528 g/mol. The number of methoxy groups -OCH3 is 1. The molecule has 0 N–H and O–H groups in total. The van der Waals surface area contributed by atoms with Gasteiger partial charge in [-0.15, -0.1) is 0 Å². The first-order valence-corrected chi connectivity index (χ1v) is 12.8. The molecule has 3 aromatic carbocycles. The van der Waals surface area contributed by atoms with Gasteiger partial charge in [0.2, 0.25) is 0 Å². The highest BCUT2D eigenvalue weighted by Crippen LogP contribution is 2.41. The minimum atomic E-state index is -0.183. The third-order valence-electron chi connectivity index (χ3n) is 6.47. The van der Waals surface area contributed by atoms with Crippen LogP contribution in [-0.4, -0.2) is 11.7 Å². The van der Waals surface area contributed by atoms with Crippen molar-refractivity contribution in [2.75, 3.05) is 7.11 Å². The molecule has 0 fully saturated rings. The van der Waals surface area contributed by atoms with Crippen LogP contribution in [0.3, 0.4) is 0 Å². The molecule has 0 amide bonds. The van der Waals surface area contributed by atoms with Crippen LogP contribution >= 0.6 is 27.3 Å². The first-order chi connectivity index (χ1) is 16.6. The Bertz CT molecular complexity index is 1610. The van der Waals surface area contributed by atoms with Crippen LogP contribution in [0.2, 0.25) is 0 Å². The fourth-order valence-electron chi connectivity index (χ4n) is 4.82. The van der Waals surface area contributed by atoms with Crippen molar-refractivity contribution in [2.45, 2.75) is 18.9 Å². The number of hydrogen-bond donors (Lipinski definition) is 0. The van der Waals surface area contributed by atoms with Crippen molar-refractivity contribution in [2.24, 2.45) is 4.99 Å². The van der Waals surface area contributed by atoms with E-state index in [-0.39, 0.29) is 11.6 Å². The summed E-state index contributed by atoms with van der Waals surface area (Å²) >= 11 is 4.93. The second kappa shape index (κ2) is 8.53. The van der Waals surface area contributed by atoms with Crippen LogP contribution in [0.25, 0.3) is 11.8 Å². The molecule has 1 aromatic heterocycles. The highest BCUT2D eigenvalue weighted by atomic mass is 79.9. The average molecular weight is 529 g/mol. The van der Waals surface area contributed by atoms with Crippen molar-refractivity contribution >= 4 is 39.0 Å². The lowest BCUT2D eigenvalue weighted by atomic mass is 9.83. The maximum atomic E-state index is 13.7. The standard InChI is InChI=1S/C28H21BrN2O2S/c1-33-21-13-8-19(9-14-21)26-23-15-10-18-4-2-3-5-22(18)25(23)30-28-31(26)27(32)24(34-28)16-17-6-11-20(29)12-7-17/h2-9,11-14,16,26H,10,15H2,1H3/b24-16-/t26-/m1/s1. The summed E-state index contributed by atoms with van der Waals surface area (Å²) in [4.78, 5) is 19.5. The zero-order valence-electron chi connectivity index (χ0n) is 18.5. The molecular weight excluding hydrogens is 508 g/mol. The van der Waals surface area contributed by atoms with E-state index in [1.165, 1.54) is 28.0 Å². The number of thiazole rings is 1. The molecule has 0 radical (unpaired) electrons. The summed E-state index contributed by atoms with van der Waals surface area (Å²) in [5, 5.41) is 0. The Morgan fingerprint density at radius 1 is 1.03 bits per heavy atom. The van der Waals surface area contributed by atoms with E-state index < -0.39 is 0 Å². The first-order valence-electron chi connectivity index (χ1n) is 11.1. The number of aryl methyl sites for hydroxylation is 1. The summed E-state index contributed by atoms with van der Waals surface area (Å²) in [5.41, 5.74) is 6.76. The van der Waals surface area contributed by atoms with Crippen LogP contribution in [0.1, 0.15) is 34.7 Å². The minimum absolute atomic E-state index is 0.00195. The summed E-state index contributed by atoms with van der Waals surface area (Å²) in [6, 6.07) is 24.3. The Balaban J connectivity index is 1.60. The van der Waals surface area contributed by atoms with Gasteiger partial charge in [-0.3, -0.25) is 9.36 Å². The van der Waals surface area contributed by atoms with Gasteiger partial charge >= 0.3 is 0 Å². The molecule has 1 aliphatic heterocycles. The van der Waals surface area contributed by atoms with E-state index in [1.54, 1.807) is 7.11 Å². The molecule has 0 saturated heterocycles. The SMILES string of the molecule is COc1ccc([C@@H]2C3=C(N=c4s/c(=C\c5ccc(Br)cc5)c(=O)n42)c2ccccc2CC3)cc1. The van der Waals surface area contributed by atoms with Gasteiger partial charge in [-0.25, -0.2) is 4.99 Å². The third-order valence-corrected chi connectivity index (χ3v) is 7.98. The smallest absolute Gasteiger partial charge is 0.271 e. The molecule has 0 spiro atoms. The van der Waals surface area contributed by atoms with Crippen molar-refractivity contribution < 1.29 is 4.74 Å². The van der Waals surface area contributed by atoms with Crippen LogP contribution in [0.4, 0.5) is 0 Å². The van der Waals surface area contributed by atoms with E-state index >= 15 is 0 Å². The predicted molar refractivity (Wildman–Crippen MR) is 140 cm³/mol. The summed E-state index contributed by atoms with van der Waals surface area (Å²) in [6.07, 6.45) is 3.78. The van der Waals surface area contributed by atoms with Crippen LogP contribution in [0.15, 0.2) is 92.6 Å². The van der Waals surface area contributed by atoms with Crippen LogP contribution in [0.5, 0.6) is 5.75 Å². The molecule has 168 valence electrons. The number of benzene rings is 3. The van der Waals surface area contributed by atoms with Crippen LogP contribution in [-0.2, 0) is 6.42 Å². The fraction of sp³-hybridized carbons (Fsp3) is 0.143. The average Bonchev–Trinajstić information content (AvgIpc) is 3.18. The summed E-state index contributed by atoms with van der Waals surface area (Å²) in [7, 11) is 1.67. The van der Waals surface area contributed by atoms with Crippen molar-refractivity contribution in [1.29, 1.82) is 0 Å². The van der Waals surface area contributed by atoms with Gasteiger partial charge in [-0.1, -0.05) is 75.8 Å². The lowest BCUT2D eigenvalue weighted by Gasteiger charge is -2.30. The number of allylic oxidation sites excluding steroid dienone is 1. The number of rotatable bonds is 3. The quantitative estimate of drug-likeness (QED) is 0.371. The maximum Gasteiger partial charge on any atom is 0.271 e. The van der Waals surface area contributed by atoms with Gasteiger partial charge in [-0.05, 0) is 65.4 Å². The summed E-state index contributed by atoms with van der Waals surface area (Å²) < 4.78 is 8.95. The molecule has 0 unspecified atom stereocenters. The molecule has 4 aromatic rings. The van der Waals surface area contributed by atoms with E-state index in [1.807, 2.05) is 47.0 Å². The van der Waals surface area contributed by atoms with Gasteiger partial charge in [0.05, 0.1) is 23.4 Å². The highest BCUT2D eigenvalue weighted by Gasteiger charge is 2.32. The number of fused-ring (bicyclic) bond motifs is 3. The Kier molecular flexibility index (Phi) is 5.35. The molecule has 1 aliphatic carbocycles. The molecule has 34 heavy (non-hydrogen) atoms. The third kappa shape index (κ3) is 3.58. The van der Waals surface area contributed by atoms with E-state index in [0.29, 0.717) is 4.53 Å². The molecular formula is C28H21BrN2O2S. The lowest BCUT2D eigenvalue weighted by molar-refractivity contribution is 0.414. The molecule has 6 heteroatoms. The summed E-state index contributed by atoms with van der Waals surface area (Å²) in [6.45, 7) is 0. The van der Waals surface area contributed by atoms with Gasteiger partial charge in [0, 0.05) is 10.0 Å². The van der Waals surface area contributed by atoms with Crippen LogP contribution in [0, 0.1) is 0 Å². The Morgan fingerprint density at radius 3 is 2.56 bits per heavy atom. The Labute approximate surface area is 209 Å². The Morgan fingerprint density at radius 2 is 1.79 bits per heavy atom. The topological polar surface area (TPSA) is 43.6 Å². The van der Waals surface area contributed by atoms with Crippen molar-refractivity contribution in [1.82, 2.24) is 4.57 Å². The number of nitrogens with zero attached hydrogens (tertiary/aromatic N) is 2. The predicted octanol–water partition coefficient (Wildman–Crippen LogP) is 5.09. The van der Waals surface area contributed by atoms with Gasteiger partial charge in [0.15, 0.2) is 4.80 Å². The van der Waals surface area contributed by atoms with Crippen molar-refractivity contribution in [3.05, 3.63) is 125 Å². The number of halogens is 1.